The number of rotatable bonds is 6. The first-order valence-corrected chi connectivity index (χ1v) is 10.7. The zero-order valence-corrected chi connectivity index (χ0v) is 17.7. The highest BCUT2D eigenvalue weighted by molar-refractivity contribution is 6.33. The van der Waals surface area contributed by atoms with Crippen LogP contribution >= 0.6 is 11.6 Å². The summed E-state index contributed by atoms with van der Waals surface area (Å²) in [7, 11) is 0. The summed E-state index contributed by atoms with van der Waals surface area (Å²) in [5.41, 5.74) is 2.89. The van der Waals surface area contributed by atoms with E-state index in [-0.39, 0.29) is 5.91 Å². The summed E-state index contributed by atoms with van der Waals surface area (Å²) in [6.07, 6.45) is 0.482. The van der Waals surface area contributed by atoms with Gasteiger partial charge in [0.2, 0.25) is 5.91 Å². The van der Waals surface area contributed by atoms with Crippen LogP contribution in [-0.2, 0) is 4.79 Å². The molecule has 0 aromatic heterocycles. The molecule has 1 aliphatic heterocycles. The van der Waals surface area contributed by atoms with Gasteiger partial charge in [0.1, 0.15) is 0 Å². The van der Waals surface area contributed by atoms with Crippen LogP contribution in [0.3, 0.4) is 0 Å². The van der Waals surface area contributed by atoms with Crippen LogP contribution in [0.15, 0.2) is 84.9 Å². The highest BCUT2D eigenvalue weighted by atomic mass is 35.5. The molecule has 0 unspecified atom stereocenters. The maximum atomic E-state index is 13.2. The monoisotopic (exact) mass is 419 g/mol. The number of hydrogen-bond acceptors (Lipinski definition) is 3. The standard InChI is InChI=1S/C25H26ClN3O/c26-23-13-7-8-14-24(23)28-19-17-27(18-20-28)16-15-25(30)29(21-9-3-1-4-10-21)22-11-5-2-6-12-22/h1-14H,15-20H2. The molecule has 1 amide bonds. The lowest BCUT2D eigenvalue weighted by Gasteiger charge is -2.36. The smallest absolute Gasteiger partial charge is 0.232 e. The minimum absolute atomic E-state index is 0.112. The summed E-state index contributed by atoms with van der Waals surface area (Å²) in [6.45, 7) is 4.44. The Labute approximate surface area is 183 Å². The van der Waals surface area contributed by atoms with E-state index < -0.39 is 0 Å². The van der Waals surface area contributed by atoms with Crippen LogP contribution in [0.5, 0.6) is 0 Å². The molecule has 1 fully saturated rings. The Balaban J connectivity index is 1.37. The maximum Gasteiger partial charge on any atom is 0.232 e. The summed E-state index contributed by atoms with van der Waals surface area (Å²) in [6, 6.07) is 27.7. The van der Waals surface area contributed by atoms with Gasteiger partial charge in [-0.1, -0.05) is 60.1 Å². The van der Waals surface area contributed by atoms with Crippen LogP contribution in [0.1, 0.15) is 6.42 Å². The molecule has 1 heterocycles. The largest absolute Gasteiger partial charge is 0.368 e. The lowest BCUT2D eigenvalue weighted by molar-refractivity contribution is -0.118. The third-order valence-electron chi connectivity index (χ3n) is 5.49. The Hall–Kier alpha value is -2.82. The predicted molar refractivity (Wildman–Crippen MR) is 125 cm³/mol. The minimum atomic E-state index is 0.112. The highest BCUT2D eigenvalue weighted by Crippen LogP contribution is 2.27. The van der Waals surface area contributed by atoms with Crippen molar-refractivity contribution in [2.45, 2.75) is 6.42 Å². The Kier molecular flexibility index (Phi) is 6.67. The molecule has 1 aliphatic rings. The summed E-state index contributed by atoms with van der Waals surface area (Å²) in [5.74, 6) is 0.112. The predicted octanol–water partition coefficient (Wildman–Crippen LogP) is 5.22. The molecule has 0 spiro atoms. The number of carbonyl (C=O) groups excluding carboxylic acids is 1. The molecule has 0 bridgehead atoms. The molecule has 0 saturated carbocycles. The molecule has 3 aromatic carbocycles. The summed E-state index contributed by atoms with van der Waals surface area (Å²) < 4.78 is 0. The first-order valence-electron chi connectivity index (χ1n) is 10.4. The lowest BCUT2D eigenvalue weighted by Crippen LogP contribution is -2.47. The molecule has 0 radical (unpaired) electrons. The van der Waals surface area contributed by atoms with E-state index in [1.807, 2.05) is 83.8 Å². The van der Waals surface area contributed by atoms with E-state index in [1.54, 1.807) is 0 Å². The normalized spacial score (nSPS) is 14.5. The van der Waals surface area contributed by atoms with E-state index in [9.17, 15) is 4.79 Å². The second kappa shape index (κ2) is 9.79. The van der Waals surface area contributed by atoms with E-state index in [0.29, 0.717) is 6.42 Å². The van der Waals surface area contributed by atoms with Gasteiger partial charge >= 0.3 is 0 Å². The Bertz CT molecular complexity index is 917. The van der Waals surface area contributed by atoms with E-state index in [1.165, 1.54) is 0 Å². The van der Waals surface area contributed by atoms with Gasteiger partial charge < -0.3 is 4.90 Å². The quantitative estimate of drug-likeness (QED) is 0.548. The van der Waals surface area contributed by atoms with Crippen molar-refractivity contribution in [2.24, 2.45) is 0 Å². The second-order valence-corrected chi connectivity index (χ2v) is 7.84. The summed E-state index contributed by atoms with van der Waals surface area (Å²) in [5, 5.41) is 0.794. The molecule has 154 valence electrons. The van der Waals surface area contributed by atoms with Crippen molar-refractivity contribution < 1.29 is 4.79 Å². The van der Waals surface area contributed by atoms with E-state index in [2.05, 4.69) is 15.9 Å². The van der Waals surface area contributed by atoms with Gasteiger partial charge in [-0.15, -0.1) is 0 Å². The van der Waals surface area contributed by atoms with Gasteiger partial charge in [0.05, 0.1) is 10.7 Å². The molecule has 0 aliphatic carbocycles. The van der Waals surface area contributed by atoms with Gasteiger partial charge in [-0.25, -0.2) is 0 Å². The number of carbonyl (C=O) groups is 1. The van der Waals surface area contributed by atoms with Crippen LogP contribution in [0, 0.1) is 0 Å². The van der Waals surface area contributed by atoms with Crippen molar-refractivity contribution >= 4 is 34.6 Å². The van der Waals surface area contributed by atoms with Crippen molar-refractivity contribution in [1.29, 1.82) is 0 Å². The molecule has 30 heavy (non-hydrogen) atoms. The zero-order valence-electron chi connectivity index (χ0n) is 17.0. The van der Waals surface area contributed by atoms with Crippen molar-refractivity contribution in [1.82, 2.24) is 4.90 Å². The number of anilines is 3. The molecule has 0 N–H and O–H groups in total. The van der Waals surface area contributed by atoms with Crippen LogP contribution < -0.4 is 9.80 Å². The fourth-order valence-electron chi connectivity index (χ4n) is 3.88. The van der Waals surface area contributed by atoms with Gasteiger partial charge in [-0.05, 0) is 36.4 Å². The van der Waals surface area contributed by atoms with Gasteiger partial charge in [-0.2, -0.15) is 0 Å². The summed E-state index contributed by atoms with van der Waals surface area (Å²) >= 11 is 6.34. The second-order valence-electron chi connectivity index (χ2n) is 7.43. The molecule has 4 nitrogen and oxygen atoms in total. The minimum Gasteiger partial charge on any atom is -0.368 e. The number of amides is 1. The van der Waals surface area contributed by atoms with E-state index in [0.717, 1.165) is 54.8 Å². The number of hydrogen-bond donors (Lipinski definition) is 0. The fraction of sp³-hybridized carbons (Fsp3) is 0.240. The molecule has 1 saturated heterocycles. The third kappa shape index (κ3) is 4.84. The number of benzene rings is 3. The highest BCUT2D eigenvalue weighted by Gasteiger charge is 2.22. The topological polar surface area (TPSA) is 26.8 Å². The van der Waals surface area contributed by atoms with Crippen molar-refractivity contribution in [3.05, 3.63) is 90.0 Å². The number of halogens is 1. The van der Waals surface area contributed by atoms with Crippen LogP contribution in [0.4, 0.5) is 17.1 Å². The summed E-state index contributed by atoms with van der Waals surface area (Å²) in [4.78, 5) is 19.7. The Morgan fingerprint density at radius 2 is 1.30 bits per heavy atom. The van der Waals surface area contributed by atoms with Gasteiger partial charge in [0, 0.05) is 50.5 Å². The SMILES string of the molecule is O=C(CCN1CCN(c2ccccc2Cl)CC1)N(c1ccccc1)c1ccccc1. The van der Waals surface area contributed by atoms with E-state index >= 15 is 0 Å². The van der Waals surface area contributed by atoms with Crippen molar-refractivity contribution in [3.8, 4) is 0 Å². The maximum absolute atomic E-state index is 13.2. The molecule has 3 aromatic rings. The van der Waals surface area contributed by atoms with Crippen LogP contribution in [-0.4, -0.2) is 43.5 Å². The van der Waals surface area contributed by atoms with Crippen molar-refractivity contribution in [2.75, 3.05) is 42.5 Å². The van der Waals surface area contributed by atoms with Crippen LogP contribution in [0.2, 0.25) is 5.02 Å². The molecule has 0 atom stereocenters. The van der Waals surface area contributed by atoms with Gasteiger partial charge in [-0.3, -0.25) is 14.6 Å². The van der Waals surface area contributed by atoms with Crippen LogP contribution in [0.25, 0.3) is 0 Å². The number of nitrogens with zero attached hydrogens (tertiary/aromatic N) is 3. The van der Waals surface area contributed by atoms with Crippen molar-refractivity contribution in [3.63, 3.8) is 0 Å². The molecular formula is C25H26ClN3O. The molecular weight excluding hydrogens is 394 g/mol. The first kappa shape index (κ1) is 20.5. The average molecular weight is 420 g/mol. The number of para-hydroxylation sites is 3. The Morgan fingerprint density at radius 1 is 0.767 bits per heavy atom. The number of piperazine rings is 1. The first-order chi connectivity index (χ1) is 14.7. The zero-order chi connectivity index (χ0) is 20.8. The molecule has 4 rings (SSSR count). The lowest BCUT2D eigenvalue weighted by atomic mass is 10.2. The average Bonchev–Trinajstić information content (AvgIpc) is 2.80. The van der Waals surface area contributed by atoms with Gasteiger partial charge in [0.15, 0.2) is 0 Å². The third-order valence-corrected chi connectivity index (χ3v) is 5.81. The van der Waals surface area contributed by atoms with E-state index in [4.69, 9.17) is 11.6 Å². The Morgan fingerprint density at radius 3 is 1.87 bits per heavy atom. The van der Waals surface area contributed by atoms with Gasteiger partial charge in [0.25, 0.3) is 0 Å². The molecule has 5 heteroatoms. The fourth-order valence-corrected chi connectivity index (χ4v) is 4.13.